The molecule has 1 heterocycles. The van der Waals surface area contributed by atoms with E-state index in [1.54, 1.807) is 0 Å². The minimum Gasteiger partial charge on any atom is -0.261 e. The summed E-state index contributed by atoms with van der Waals surface area (Å²) >= 11 is 0. The van der Waals surface area contributed by atoms with E-state index in [9.17, 15) is 0 Å². The third kappa shape index (κ3) is 2.84. The molecule has 0 N–H and O–H groups in total. The van der Waals surface area contributed by atoms with Gasteiger partial charge in [0.1, 0.15) is 0 Å². The van der Waals surface area contributed by atoms with Crippen LogP contribution in [0.3, 0.4) is 0 Å². The molecule has 2 rings (SSSR count). The van der Waals surface area contributed by atoms with Gasteiger partial charge in [-0.3, -0.25) is 4.98 Å². The summed E-state index contributed by atoms with van der Waals surface area (Å²) in [5.74, 6) is 0.752. The van der Waals surface area contributed by atoms with Crippen molar-refractivity contribution in [2.24, 2.45) is 0 Å². The summed E-state index contributed by atoms with van der Waals surface area (Å²) in [6.45, 7) is 2.28. The number of aromatic nitrogens is 1. The highest BCUT2D eigenvalue weighted by Gasteiger charge is 2.20. The Bertz CT molecular complexity index is 319. The van der Waals surface area contributed by atoms with E-state index >= 15 is 0 Å². The molecule has 0 amide bonds. The highest BCUT2D eigenvalue weighted by molar-refractivity contribution is 5.25. The molecule has 1 aromatic rings. The Morgan fingerprint density at radius 1 is 1.31 bits per heavy atom. The van der Waals surface area contributed by atoms with Gasteiger partial charge in [0, 0.05) is 17.8 Å². The molecule has 0 fully saturated rings. The fraction of sp³-hybridized carbons (Fsp3) is 0.667. The zero-order chi connectivity index (χ0) is 11.2. The topological polar surface area (TPSA) is 12.9 Å². The first-order valence-corrected chi connectivity index (χ1v) is 6.85. The van der Waals surface area contributed by atoms with E-state index in [4.69, 9.17) is 0 Å². The number of fused-ring (bicyclic) bond motifs is 1. The average molecular weight is 217 g/mol. The van der Waals surface area contributed by atoms with Crippen molar-refractivity contribution >= 4 is 0 Å². The molecule has 0 saturated heterocycles. The van der Waals surface area contributed by atoms with Crippen molar-refractivity contribution in [2.75, 3.05) is 0 Å². The van der Waals surface area contributed by atoms with Crippen LogP contribution in [0.15, 0.2) is 18.3 Å². The highest BCUT2D eigenvalue weighted by atomic mass is 14.7. The van der Waals surface area contributed by atoms with Crippen molar-refractivity contribution < 1.29 is 0 Å². The van der Waals surface area contributed by atoms with Crippen LogP contribution in [0, 0.1) is 0 Å². The van der Waals surface area contributed by atoms with Gasteiger partial charge in [-0.1, -0.05) is 38.7 Å². The van der Waals surface area contributed by atoms with E-state index in [1.807, 2.05) is 6.20 Å². The molecular formula is C15H23N. The summed E-state index contributed by atoms with van der Waals surface area (Å²) in [5, 5.41) is 0. The number of hydrogen-bond acceptors (Lipinski definition) is 1. The summed E-state index contributed by atoms with van der Waals surface area (Å²) in [6.07, 6.45) is 12.8. The van der Waals surface area contributed by atoms with Crippen molar-refractivity contribution in [3.05, 3.63) is 29.6 Å². The Balaban J connectivity index is 1.91. The van der Waals surface area contributed by atoms with Crippen LogP contribution in [0.4, 0.5) is 0 Å². The van der Waals surface area contributed by atoms with Crippen molar-refractivity contribution in [3.8, 4) is 0 Å². The van der Waals surface area contributed by atoms with E-state index in [1.165, 1.54) is 62.6 Å². The fourth-order valence-electron chi connectivity index (χ4n) is 2.80. The van der Waals surface area contributed by atoms with Gasteiger partial charge in [-0.15, -0.1) is 0 Å². The average Bonchev–Trinajstić information content (AvgIpc) is 2.35. The van der Waals surface area contributed by atoms with E-state index in [2.05, 4.69) is 24.0 Å². The van der Waals surface area contributed by atoms with Crippen molar-refractivity contribution in [1.29, 1.82) is 0 Å². The number of aryl methyl sites for hydroxylation is 1. The molecule has 1 unspecified atom stereocenters. The molecule has 1 nitrogen and oxygen atoms in total. The Morgan fingerprint density at radius 2 is 2.25 bits per heavy atom. The second kappa shape index (κ2) is 6.03. The first kappa shape index (κ1) is 11.6. The van der Waals surface area contributed by atoms with Crippen LogP contribution < -0.4 is 0 Å². The van der Waals surface area contributed by atoms with Gasteiger partial charge in [0.25, 0.3) is 0 Å². The molecule has 1 heteroatoms. The molecule has 16 heavy (non-hydrogen) atoms. The standard InChI is InChI=1S/C15H23N/c1-2-3-4-5-8-13-9-6-10-14-11-7-12-16-15(13)14/h7,11-13H,2-6,8-10H2,1H3. The Kier molecular flexibility index (Phi) is 4.38. The van der Waals surface area contributed by atoms with Crippen molar-refractivity contribution in [1.82, 2.24) is 4.98 Å². The highest BCUT2D eigenvalue weighted by Crippen LogP contribution is 2.33. The molecular weight excluding hydrogens is 194 g/mol. The molecule has 88 valence electrons. The van der Waals surface area contributed by atoms with Gasteiger partial charge in [0.05, 0.1) is 0 Å². The number of rotatable bonds is 5. The van der Waals surface area contributed by atoms with Crippen LogP contribution in [0.5, 0.6) is 0 Å². The summed E-state index contributed by atoms with van der Waals surface area (Å²) < 4.78 is 0. The summed E-state index contributed by atoms with van der Waals surface area (Å²) in [6, 6.07) is 4.35. The molecule has 1 atom stereocenters. The van der Waals surface area contributed by atoms with Gasteiger partial charge in [0.2, 0.25) is 0 Å². The molecule has 0 radical (unpaired) electrons. The molecule has 0 bridgehead atoms. The maximum Gasteiger partial charge on any atom is 0.0466 e. The van der Waals surface area contributed by atoms with Crippen LogP contribution >= 0.6 is 0 Å². The summed E-state index contributed by atoms with van der Waals surface area (Å²) in [5.41, 5.74) is 2.92. The maximum atomic E-state index is 4.60. The number of pyridine rings is 1. The smallest absolute Gasteiger partial charge is 0.0466 e. The fourth-order valence-corrected chi connectivity index (χ4v) is 2.80. The lowest BCUT2D eigenvalue weighted by atomic mass is 9.83. The molecule has 0 aliphatic heterocycles. The molecule has 1 aliphatic carbocycles. The Labute approximate surface area is 99.3 Å². The first-order chi connectivity index (χ1) is 7.92. The normalized spacial score (nSPS) is 19.4. The number of hydrogen-bond donors (Lipinski definition) is 0. The van der Waals surface area contributed by atoms with Crippen molar-refractivity contribution in [2.45, 2.75) is 64.2 Å². The number of nitrogens with zero attached hydrogens (tertiary/aromatic N) is 1. The van der Waals surface area contributed by atoms with E-state index in [0.717, 1.165) is 5.92 Å². The van der Waals surface area contributed by atoms with E-state index < -0.39 is 0 Å². The van der Waals surface area contributed by atoms with Crippen LogP contribution in [-0.4, -0.2) is 4.98 Å². The van der Waals surface area contributed by atoms with Crippen LogP contribution in [0.2, 0.25) is 0 Å². The lowest BCUT2D eigenvalue weighted by Gasteiger charge is -2.24. The first-order valence-electron chi connectivity index (χ1n) is 6.85. The minimum atomic E-state index is 0.752. The van der Waals surface area contributed by atoms with Crippen molar-refractivity contribution in [3.63, 3.8) is 0 Å². The van der Waals surface area contributed by atoms with Gasteiger partial charge in [0.15, 0.2) is 0 Å². The molecule has 1 aromatic heterocycles. The maximum absolute atomic E-state index is 4.60. The molecule has 0 saturated carbocycles. The predicted octanol–water partition coefficient (Wildman–Crippen LogP) is 4.47. The predicted molar refractivity (Wildman–Crippen MR) is 68.7 cm³/mol. The lowest BCUT2D eigenvalue weighted by Crippen LogP contribution is -2.11. The zero-order valence-corrected chi connectivity index (χ0v) is 10.4. The molecule has 1 aliphatic rings. The zero-order valence-electron chi connectivity index (χ0n) is 10.4. The largest absolute Gasteiger partial charge is 0.261 e. The van der Waals surface area contributed by atoms with Gasteiger partial charge in [-0.2, -0.15) is 0 Å². The summed E-state index contributed by atoms with van der Waals surface area (Å²) in [4.78, 5) is 4.60. The number of unbranched alkanes of at least 4 members (excludes halogenated alkanes) is 3. The van der Waals surface area contributed by atoms with Gasteiger partial charge >= 0.3 is 0 Å². The van der Waals surface area contributed by atoms with Crippen LogP contribution in [-0.2, 0) is 6.42 Å². The van der Waals surface area contributed by atoms with Gasteiger partial charge < -0.3 is 0 Å². The molecule has 0 aromatic carbocycles. The van der Waals surface area contributed by atoms with Gasteiger partial charge in [-0.05, 0) is 37.3 Å². The minimum absolute atomic E-state index is 0.752. The Morgan fingerprint density at radius 3 is 3.12 bits per heavy atom. The second-order valence-corrected chi connectivity index (χ2v) is 4.99. The van der Waals surface area contributed by atoms with E-state index in [0.29, 0.717) is 0 Å². The molecule has 0 spiro atoms. The quantitative estimate of drug-likeness (QED) is 0.663. The van der Waals surface area contributed by atoms with Crippen LogP contribution in [0.1, 0.15) is 69.0 Å². The third-order valence-electron chi connectivity index (χ3n) is 3.72. The van der Waals surface area contributed by atoms with Crippen LogP contribution in [0.25, 0.3) is 0 Å². The third-order valence-corrected chi connectivity index (χ3v) is 3.72. The monoisotopic (exact) mass is 217 g/mol. The lowest BCUT2D eigenvalue weighted by molar-refractivity contribution is 0.478. The SMILES string of the molecule is CCCCCCC1CCCc2cccnc21. The van der Waals surface area contributed by atoms with E-state index in [-0.39, 0.29) is 0 Å². The van der Waals surface area contributed by atoms with Gasteiger partial charge in [-0.25, -0.2) is 0 Å². The second-order valence-electron chi connectivity index (χ2n) is 4.99. The summed E-state index contributed by atoms with van der Waals surface area (Å²) in [7, 11) is 0. The Hall–Kier alpha value is -0.850.